The standard InChI is InChI=1S/C24H18F3N5O3/c1-14-3-2-10-32-12-20(28-21(14)32)22(33)31-23-29-18-9-8-17(11-19(18)30-23)34-13-15-4-6-16(7-5-15)35-24(25,26)27/h2-12H,13H2,1H3,(H2,29,30,31,33). The Hall–Kier alpha value is -4.54. The van der Waals surface area contributed by atoms with Crippen molar-refractivity contribution in [3.8, 4) is 11.5 Å². The minimum atomic E-state index is -4.73. The molecule has 8 nitrogen and oxygen atoms in total. The molecule has 5 rings (SSSR count). The van der Waals surface area contributed by atoms with Crippen molar-refractivity contribution in [3.05, 3.63) is 83.8 Å². The molecular weight excluding hydrogens is 463 g/mol. The second-order valence-electron chi connectivity index (χ2n) is 7.75. The molecule has 0 bridgehead atoms. The molecule has 35 heavy (non-hydrogen) atoms. The summed E-state index contributed by atoms with van der Waals surface area (Å²) in [5.41, 5.74) is 3.83. The van der Waals surface area contributed by atoms with Gasteiger partial charge in [0.2, 0.25) is 5.95 Å². The fourth-order valence-corrected chi connectivity index (χ4v) is 3.52. The number of nitrogens with one attached hydrogen (secondary N) is 2. The summed E-state index contributed by atoms with van der Waals surface area (Å²) in [7, 11) is 0. The first-order valence-corrected chi connectivity index (χ1v) is 10.5. The summed E-state index contributed by atoms with van der Waals surface area (Å²) in [6, 6.07) is 14.4. The van der Waals surface area contributed by atoms with Gasteiger partial charge in [0.1, 0.15) is 29.4 Å². The normalized spacial score (nSPS) is 11.7. The molecule has 0 spiro atoms. The molecule has 5 aromatic rings. The van der Waals surface area contributed by atoms with E-state index in [9.17, 15) is 18.0 Å². The largest absolute Gasteiger partial charge is 0.573 e. The van der Waals surface area contributed by atoms with Gasteiger partial charge >= 0.3 is 6.36 Å². The fourth-order valence-electron chi connectivity index (χ4n) is 3.52. The van der Waals surface area contributed by atoms with Gasteiger partial charge in [-0.25, -0.2) is 9.97 Å². The Balaban J connectivity index is 1.25. The molecule has 2 aromatic carbocycles. The Labute approximate surface area is 196 Å². The van der Waals surface area contributed by atoms with E-state index in [-0.39, 0.29) is 24.0 Å². The first-order valence-electron chi connectivity index (χ1n) is 10.5. The molecule has 0 aliphatic carbocycles. The van der Waals surface area contributed by atoms with E-state index in [0.717, 1.165) is 5.56 Å². The zero-order valence-corrected chi connectivity index (χ0v) is 18.3. The van der Waals surface area contributed by atoms with E-state index < -0.39 is 12.3 Å². The molecule has 1 amide bonds. The average Bonchev–Trinajstić information content (AvgIpc) is 3.42. The smallest absolute Gasteiger partial charge is 0.489 e. The van der Waals surface area contributed by atoms with Gasteiger partial charge in [0, 0.05) is 18.5 Å². The van der Waals surface area contributed by atoms with Gasteiger partial charge in [0.05, 0.1) is 11.0 Å². The van der Waals surface area contributed by atoms with Crippen molar-refractivity contribution in [2.24, 2.45) is 0 Å². The number of aryl methyl sites for hydroxylation is 1. The summed E-state index contributed by atoms with van der Waals surface area (Å²) in [6.45, 7) is 2.05. The lowest BCUT2D eigenvalue weighted by molar-refractivity contribution is -0.274. The molecular formula is C24H18F3N5O3. The third-order valence-electron chi connectivity index (χ3n) is 5.16. The van der Waals surface area contributed by atoms with Crippen molar-refractivity contribution >= 4 is 28.5 Å². The van der Waals surface area contributed by atoms with E-state index in [2.05, 4.69) is 25.0 Å². The molecule has 0 aliphatic heterocycles. The van der Waals surface area contributed by atoms with Crippen LogP contribution in [0.4, 0.5) is 19.1 Å². The molecule has 0 unspecified atom stereocenters. The highest BCUT2D eigenvalue weighted by atomic mass is 19.4. The van der Waals surface area contributed by atoms with Crippen LogP contribution in [0.1, 0.15) is 21.6 Å². The van der Waals surface area contributed by atoms with Crippen molar-refractivity contribution in [1.29, 1.82) is 0 Å². The lowest BCUT2D eigenvalue weighted by Crippen LogP contribution is -2.17. The zero-order valence-electron chi connectivity index (χ0n) is 18.3. The second kappa shape index (κ2) is 8.67. The summed E-state index contributed by atoms with van der Waals surface area (Å²) in [4.78, 5) is 24.4. The number of hydrogen-bond donors (Lipinski definition) is 2. The lowest BCUT2D eigenvalue weighted by atomic mass is 10.2. The number of aromatic nitrogens is 4. The number of alkyl halides is 3. The van der Waals surface area contributed by atoms with Crippen LogP contribution < -0.4 is 14.8 Å². The molecule has 3 aromatic heterocycles. The van der Waals surface area contributed by atoms with Crippen LogP contribution in [-0.4, -0.2) is 31.6 Å². The number of ether oxygens (including phenoxy) is 2. The van der Waals surface area contributed by atoms with Crippen LogP contribution >= 0.6 is 0 Å². The lowest BCUT2D eigenvalue weighted by Gasteiger charge is -2.10. The SMILES string of the molecule is Cc1cccn2cc(C(=O)Nc3nc4cc(OCc5ccc(OC(F)(F)F)cc5)ccc4[nH]3)nc12. The number of hydrogen-bond acceptors (Lipinski definition) is 5. The number of benzene rings is 2. The Bertz CT molecular complexity index is 1520. The van der Waals surface area contributed by atoms with E-state index in [1.54, 1.807) is 28.8 Å². The van der Waals surface area contributed by atoms with Gasteiger partial charge in [-0.05, 0) is 48.4 Å². The first-order chi connectivity index (χ1) is 16.7. The van der Waals surface area contributed by atoms with Crippen molar-refractivity contribution in [2.45, 2.75) is 19.9 Å². The molecule has 11 heteroatoms. The molecule has 0 aliphatic rings. The minimum Gasteiger partial charge on any atom is -0.489 e. The summed E-state index contributed by atoms with van der Waals surface area (Å²) < 4.78 is 48.2. The number of nitrogens with zero attached hydrogens (tertiary/aromatic N) is 3. The van der Waals surface area contributed by atoms with Crippen LogP contribution in [0.2, 0.25) is 0 Å². The maximum Gasteiger partial charge on any atom is 0.573 e. The molecule has 0 radical (unpaired) electrons. The number of pyridine rings is 1. The number of carbonyl (C=O) groups excluding carboxylic acids is 1. The van der Waals surface area contributed by atoms with Crippen LogP contribution in [0.15, 0.2) is 67.0 Å². The van der Waals surface area contributed by atoms with Crippen LogP contribution in [0, 0.1) is 6.92 Å². The fraction of sp³-hybridized carbons (Fsp3) is 0.125. The number of imidazole rings is 2. The Morgan fingerprint density at radius 3 is 2.60 bits per heavy atom. The van der Waals surface area contributed by atoms with Crippen molar-refractivity contribution in [1.82, 2.24) is 19.4 Å². The predicted molar refractivity (Wildman–Crippen MR) is 121 cm³/mol. The third kappa shape index (κ3) is 5.03. The number of aromatic amines is 1. The van der Waals surface area contributed by atoms with E-state index in [1.165, 1.54) is 24.3 Å². The number of anilines is 1. The Morgan fingerprint density at radius 1 is 1.09 bits per heavy atom. The number of halogens is 3. The maximum atomic E-state index is 12.7. The van der Waals surface area contributed by atoms with E-state index in [4.69, 9.17) is 4.74 Å². The number of rotatable bonds is 6. The number of amides is 1. The number of H-pyrrole nitrogens is 1. The van der Waals surface area contributed by atoms with Gasteiger partial charge in [0.15, 0.2) is 0 Å². The van der Waals surface area contributed by atoms with Crippen molar-refractivity contribution < 1.29 is 27.4 Å². The van der Waals surface area contributed by atoms with Crippen LogP contribution in [0.25, 0.3) is 16.7 Å². The highest BCUT2D eigenvalue weighted by Gasteiger charge is 2.30. The van der Waals surface area contributed by atoms with Crippen molar-refractivity contribution in [2.75, 3.05) is 5.32 Å². The summed E-state index contributed by atoms with van der Waals surface area (Å²) >= 11 is 0. The number of carbonyl (C=O) groups is 1. The van der Waals surface area contributed by atoms with E-state index in [1.807, 2.05) is 25.3 Å². The van der Waals surface area contributed by atoms with Crippen LogP contribution in [0.3, 0.4) is 0 Å². The Kier molecular flexibility index (Phi) is 5.51. The van der Waals surface area contributed by atoms with E-state index in [0.29, 0.717) is 28.0 Å². The Morgan fingerprint density at radius 2 is 1.86 bits per heavy atom. The van der Waals surface area contributed by atoms with Crippen molar-refractivity contribution in [3.63, 3.8) is 0 Å². The van der Waals surface area contributed by atoms with Gasteiger partial charge in [-0.1, -0.05) is 18.2 Å². The second-order valence-corrected chi connectivity index (χ2v) is 7.75. The minimum absolute atomic E-state index is 0.138. The average molecular weight is 481 g/mol. The van der Waals surface area contributed by atoms with Gasteiger partial charge in [0.25, 0.3) is 5.91 Å². The monoisotopic (exact) mass is 481 g/mol. The molecule has 0 saturated carbocycles. The van der Waals surface area contributed by atoms with E-state index >= 15 is 0 Å². The summed E-state index contributed by atoms with van der Waals surface area (Å²) in [5.74, 6) is 0.0682. The van der Waals surface area contributed by atoms with Gasteiger partial charge < -0.3 is 18.9 Å². The highest BCUT2D eigenvalue weighted by molar-refractivity contribution is 6.03. The summed E-state index contributed by atoms with van der Waals surface area (Å²) in [6.07, 6.45) is -1.27. The zero-order chi connectivity index (χ0) is 24.6. The van der Waals surface area contributed by atoms with Gasteiger partial charge in [-0.2, -0.15) is 0 Å². The molecule has 0 fully saturated rings. The van der Waals surface area contributed by atoms with Gasteiger partial charge in [-0.3, -0.25) is 10.1 Å². The molecule has 0 atom stereocenters. The molecule has 2 N–H and O–H groups in total. The topological polar surface area (TPSA) is 93.5 Å². The van der Waals surface area contributed by atoms with Crippen LogP contribution in [-0.2, 0) is 6.61 Å². The quantitative estimate of drug-likeness (QED) is 0.346. The number of fused-ring (bicyclic) bond motifs is 2. The summed E-state index contributed by atoms with van der Waals surface area (Å²) in [5, 5.41) is 2.71. The highest BCUT2D eigenvalue weighted by Crippen LogP contribution is 2.24. The third-order valence-corrected chi connectivity index (χ3v) is 5.16. The first kappa shape index (κ1) is 22.3. The van der Waals surface area contributed by atoms with Gasteiger partial charge in [-0.15, -0.1) is 13.2 Å². The molecule has 178 valence electrons. The maximum absolute atomic E-state index is 12.7. The van der Waals surface area contributed by atoms with Crippen LogP contribution in [0.5, 0.6) is 11.5 Å². The predicted octanol–water partition coefficient (Wildman–Crippen LogP) is 5.25. The molecule has 3 heterocycles. The molecule has 0 saturated heterocycles.